The van der Waals surface area contributed by atoms with Gasteiger partial charge < -0.3 is 13.6 Å². The van der Waals surface area contributed by atoms with Crippen LogP contribution in [0.3, 0.4) is 0 Å². The molecule has 0 N–H and O–H groups in total. The fourth-order valence-corrected chi connectivity index (χ4v) is 6.38. The van der Waals surface area contributed by atoms with Crippen LogP contribution < -0.4 is 0 Å². The highest BCUT2D eigenvalue weighted by Gasteiger charge is 2.19. The maximum atomic E-state index is 9.51. The van der Waals surface area contributed by atoms with E-state index < -0.39 is 77.6 Å². The summed E-state index contributed by atoms with van der Waals surface area (Å²) in [6.07, 6.45) is 0. The highest BCUT2D eigenvalue weighted by Crippen LogP contribution is 2.41. The van der Waals surface area contributed by atoms with Crippen molar-refractivity contribution in [2.75, 3.05) is 0 Å². The van der Waals surface area contributed by atoms with Crippen LogP contribution in [0.2, 0.25) is 0 Å². The zero-order valence-electron chi connectivity index (χ0n) is 38.2. The van der Waals surface area contributed by atoms with E-state index in [1.807, 2.05) is 30.3 Å². The average molecular weight is 590 g/mol. The van der Waals surface area contributed by atoms with E-state index in [1.54, 1.807) is 45.5 Å². The van der Waals surface area contributed by atoms with E-state index in [9.17, 15) is 2.74 Å². The second-order valence-electron chi connectivity index (χ2n) is 10.6. The van der Waals surface area contributed by atoms with Crippen LogP contribution in [0.25, 0.3) is 88.1 Å². The van der Waals surface area contributed by atoms with Gasteiger partial charge in [-0.25, -0.2) is 0 Å². The molecule has 3 heterocycles. The van der Waals surface area contributed by atoms with Crippen LogP contribution in [0.4, 0.5) is 0 Å². The number of para-hydroxylation sites is 3. The monoisotopic (exact) mass is 589 g/mol. The van der Waals surface area contributed by atoms with Gasteiger partial charge in [0.2, 0.25) is 0 Å². The summed E-state index contributed by atoms with van der Waals surface area (Å²) in [5, 5.41) is 2.15. The van der Waals surface area contributed by atoms with Crippen LogP contribution in [0.15, 0.2) is 162 Å². The molecule has 0 saturated heterocycles. The van der Waals surface area contributed by atoms with Gasteiger partial charge in [0, 0.05) is 32.6 Å². The molecule has 0 atom stereocenters. The van der Waals surface area contributed by atoms with Gasteiger partial charge in [-0.3, -0.25) is 0 Å². The van der Waals surface area contributed by atoms with E-state index in [0.29, 0.717) is 43.8 Å². The van der Waals surface area contributed by atoms with Crippen molar-refractivity contribution in [1.82, 2.24) is 9.13 Å². The first-order valence-electron chi connectivity index (χ1n) is 21.6. The molecule has 0 saturated carbocycles. The van der Waals surface area contributed by atoms with Crippen molar-refractivity contribution in [3.63, 3.8) is 0 Å². The third-order valence-electron chi connectivity index (χ3n) is 8.25. The van der Waals surface area contributed by atoms with E-state index in [-0.39, 0.29) is 57.3 Å². The van der Waals surface area contributed by atoms with Crippen LogP contribution in [0.1, 0.15) is 20.6 Å². The molecule has 0 aliphatic rings. The standard InChI is InChI=1S/C42H26N2O/c1-2-11-27(12-3-1)28-21-24-40-34(25-28)42-39(19-10-20-41(42)45-40)44-37-18-9-6-15-32(37)33-26-29(22-23-38(33)44)43-35-16-7-4-13-30(35)31-14-5-8-17-36(31)43/h1-26H/i1D,2D,3D,4D,7D,10D,11D,12D,13D,16D,19D,20D,21D,24D,25D. The quantitative estimate of drug-likeness (QED) is 0.201. The zero-order valence-corrected chi connectivity index (χ0v) is 23.2. The first-order valence-corrected chi connectivity index (χ1v) is 14.1. The van der Waals surface area contributed by atoms with Crippen LogP contribution in [0, 0.1) is 0 Å². The van der Waals surface area contributed by atoms with Crippen molar-refractivity contribution in [1.29, 1.82) is 0 Å². The Balaban J connectivity index is 1.35. The Morgan fingerprint density at radius 3 is 2.07 bits per heavy atom. The van der Waals surface area contributed by atoms with E-state index in [2.05, 4.69) is 0 Å². The van der Waals surface area contributed by atoms with Gasteiger partial charge in [0.1, 0.15) is 11.2 Å². The molecule has 0 spiro atoms. The fraction of sp³-hybridized carbons (Fsp3) is 0. The normalized spacial score (nSPS) is 16.7. The molecule has 7 aromatic carbocycles. The van der Waals surface area contributed by atoms with Gasteiger partial charge in [-0.15, -0.1) is 0 Å². The van der Waals surface area contributed by atoms with Crippen molar-refractivity contribution >= 4 is 65.6 Å². The summed E-state index contributed by atoms with van der Waals surface area (Å²) in [4.78, 5) is 0. The molecular weight excluding hydrogens is 548 g/mol. The number of hydrogen-bond donors (Lipinski definition) is 0. The van der Waals surface area contributed by atoms with Crippen molar-refractivity contribution in [3.05, 3.63) is 157 Å². The lowest BCUT2D eigenvalue weighted by atomic mass is 10.0. The van der Waals surface area contributed by atoms with Crippen molar-refractivity contribution in [3.8, 4) is 22.5 Å². The number of fused-ring (bicyclic) bond motifs is 9. The lowest BCUT2D eigenvalue weighted by Crippen LogP contribution is -1.96. The molecule has 45 heavy (non-hydrogen) atoms. The van der Waals surface area contributed by atoms with Crippen molar-refractivity contribution in [2.45, 2.75) is 0 Å². The Morgan fingerprint density at radius 1 is 0.467 bits per heavy atom. The summed E-state index contributed by atoms with van der Waals surface area (Å²) < 4.78 is 141. The minimum absolute atomic E-state index is 0.00678. The summed E-state index contributed by atoms with van der Waals surface area (Å²) in [5.41, 5.74) is 1.09. The Hall–Kier alpha value is -6.06. The molecule has 10 rings (SSSR count). The van der Waals surface area contributed by atoms with E-state index in [0.717, 1.165) is 0 Å². The molecule has 0 aliphatic carbocycles. The lowest BCUT2D eigenvalue weighted by molar-refractivity contribution is 0.669. The Kier molecular flexibility index (Phi) is 2.90. The van der Waals surface area contributed by atoms with Gasteiger partial charge in [-0.05, 0) is 71.7 Å². The molecule has 3 aromatic heterocycles. The number of nitrogens with zero attached hydrogens (tertiary/aromatic N) is 2. The molecule has 210 valence electrons. The fourth-order valence-electron chi connectivity index (χ4n) is 6.38. The Morgan fingerprint density at radius 2 is 1.20 bits per heavy atom. The predicted molar refractivity (Wildman–Crippen MR) is 188 cm³/mol. The number of hydrogen-bond acceptors (Lipinski definition) is 1. The summed E-state index contributed by atoms with van der Waals surface area (Å²) in [6.45, 7) is 0. The van der Waals surface area contributed by atoms with Gasteiger partial charge in [-0.2, -0.15) is 0 Å². The van der Waals surface area contributed by atoms with Gasteiger partial charge >= 0.3 is 0 Å². The third kappa shape index (κ3) is 3.46. The molecule has 10 aromatic rings. The van der Waals surface area contributed by atoms with E-state index in [4.69, 9.17) is 22.2 Å². The van der Waals surface area contributed by atoms with Gasteiger partial charge in [0.25, 0.3) is 0 Å². The summed E-state index contributed by atoms with van der Waals surface area (Å²) in [6, 6.07) is 12.1. The molecule has 0 radical (unpaired) electrons. The number of furan rings is 1. The summed E-state index contributed by atoms with van der Waals surface area (Å²) >= 11 is 0. The summed E-state index contributed by atoms with van der Waals surface area (Å²) in [5.74, 6) is 0. The van der Waals surface area contributed by atoms with E-state index >= 15 is 0 Å². The Bertz CT molecular complexity index is 3590. The topological polar surface area (TPSA) is 23.0 Å². The summed E-state index contributed by atoms with van der Waals surface area (Å²) in [7, 11) is 0. The van der Waals surface area contributed by atoms with Crippen LogP contribution in [0.5, 0.6) is 0 Å². The molecule has 3 nitrogen and oxygen atoms in total. The van der Waals surface area contributed by atoms with Gasteiger partial charge in [0.15, 0.2) is 0 Å². The third-order valence-corrected chi connectivity index (χ3v) is 8.25. The highest BCUT2D eigenvalue weighted by molar-refractivity contribution is 6.16. The minimum atomic E-state index is -0.694. The molecule has 0 fully saturated rings. The highest BCUT2D eigenvalue weighted by atomic mass is 16.3. The number of aromatic nitrogens is 2. The molecule has 0 aliphatic heterocycles. The van der Waals surface area contributed by atoms with E-state index in [1.165, 1.54) is 0 Å². The second-order valence-corrected chi connectivity index (χ2v) is 10.6. The minimum Gasteiger partial charge on any atom is -0.456 e. The molecular formula is C42H26N2O. The molecule has 0 unspecified atom stereocenters. The number of benzene rings is 7. The zero-order chi connectivity index (χ0) is 42.5. The maximum Gasteiger partial charge on any atom is 0.137 e. The SMILES string of the molecule is [2H]c1c([2H])c([2H])c(-c2c([2H])c([2H])c3oc4c([2H])c([2H])c([2H])c(-n5c6ccccc6c6cc(-n7c8ccccc8c8c([2H])c([2H])c([2H])c([2H])c87)ccc65)c4c3c2[2H])c([2H])c1[2H]. The van der Waals surface area contributed by atoms with Crippen molar-refractivity contribution in [2.24, 2.45) is 0 Å². The second kappa shape index (κ2) is 9.22. The van der Waals surface area contributed by atoms with Gasteiger partial charge in [0.05, 0.1) is 53.7 Å². The van der Waals surface area contributed by atoms with Gasteiger partial charge in [-0.1, -0.05) is 96.8 Å². The maximum absolute atomic E-state index is 9.51. The molecule has 0 bridgehead atoms. The first kappa shape index (κ1) is 14.1. The average Bonchev–Trinajstić information content (AvgIpc) is 3.92. The van der Waals surface area contributed by atoms with Crippen LogP contribution in [-0.2, 0) is 0 Å². The number of rotatable bonds is 3. The predicted octanol–water partition coefficient (Wildman–Crippen LogP) is 11.4. The van der Waals surface area contributed by atoms with Crippen molar-refractivity contribution < 1.29 is 25.0 Å². The first-order chi connectivity index (χ1) is 28.6. The Labute approximate surface area is 279 Å². The molecule has 3 heteroatoms. The lowest BCUT2D eigenvalue weighted by Gasteiger charge is -2.11. The largest absolute Gasteiger partial charge is 0.456 e. The van der Waals surface area contributed by atoms with Crippen LogP contribution >= 0.6 is 0 Å². The molecule has 0 amide bonds. The smallest absolute Gasteiger partial charge is 0.137 e. The van der Waals surface area contributed by atoms with Crippen LogP contribution in [-0.4, -0.2) is 9.13 Å².